The Morgan fingerprint density at radius 3 is 2.36 bits per heavy atom. The van der Waals surface area contributed by atoms with Crippen molar-refractivity contribution in [3.8, 4) is 5.75 Å². The summed E-state index contributed by atoms with van der Waals surface area (Å²) < 4.78 is 24.1. The average molecular weight is 536 g/mol. The van der Waals surface area contributed by atoms with Crippen molar-refractivity contribution in [3.05, 3.63) is 59.7 Å². The number of benzene rings is 2. The highest BCUT2D eigenvalue weighted by Gasteiger charge is 2.51. The fraction of sp³-hybridized carbons (Fsp3) is 0.533. The zero-order valence-electron chi connectivity index (χ0n) is 24.2. The summed E-state index contributed by atoms with van der Waals surface area (Å²) in [4.78, 5) is 27.2. The zero-order chi connectivity index (χ0) is 28.4. The summed E-state index contributed by atoms with van der Waals surface area (Å²) in [5.74, 6) is 0.498. The van der Waals surface area contributed by atoms with E-state index in [1.54, 1.807) is 4.90 Å². The number of rotatable bonds is 7. The molecule has 0 aromatic heterocycles. The van der Waals surface area contributed by atoms with Crippen molar-refractivity contribution >= 4 is 24.6 Å². The molecule has 4 rings (SSSR count). The van der Waals surface area contributed by atoms with E-state index in [0.29, 0.717) is 31.9 Å². The van der Waals surface area contributed by atoms with Crippen LogP contribution in [-0.2, 0) is 31.9 Å². The molecule has 2 aromatic rings. The predicted molar refractivity (Wildman–Crippen MR) is 151 cm³/mol. The Kier molecular flexibility index (Phi) is 8.33. The van der Waals surface area contributed by atoms with Gasteiger partial charge in [-0.1, -0.05) is 42.5 Å². The number of hydrogen-bond donors (Lipinski definition) is 1. The van der Waals surface area contributed by atoms with E-state index in [-0.39, 0.29) is 24.5 Å². The van der Waals surface area contributed by atoms with Gasteiger partial charge in [-0.2, -0.15) is 0 Å². The van der Waals surface area contributed by atoms with Gasteiger partial charge >= 0.3 is 13.2 Å². The van der Waals surface area contributed by atoms with Crippen molar-refractivity contribution in [2.75, 3.05) is 13.1 Å². The second-order valence-electron chi connectivity index (χ2n) is 12.4. The topological polar surface area (TPSA) is 86.3 Å². The highest BCUT2D eigenvalue weighted by molar-refractivity contribution is 6.62. The van der Waals surface area contributed by atoms with Gasteiger partial charge in [-0.3, -0.25) is 4.79 Å². The maximum absolute atomic E-state index is 13.2. The van der Waals surface area contributed by atoms with Crippen LogP contribution in [0.25, 0.3) is 0 Å². The molecule has 2 saturated heterocycles. The molecule has 1 N–H and O–H groups in total. The molecule has 2 aliphatic rings. The first-order valence-corrected chi connectivity index (χ1v) is 13.6. The van der Waals surface area contributed by atoms with Crippen LogP contribution in [0.3, 0.4) is 0 Å². The van der Waals surface area contributed by atoms with Crippen LogP contribution in [0.1, 0.15) is 66.0 Å². The van der Waals surface area contributed by atoms with Gasteiger partial charge in [-0.15, -0.1) is 0 Å². The molecule has 1 atom stereocenters. The second-order valence-corrected chi connectivity index (χ2v) is 12.4. The molecule has 2 fully saturated rings. The van der Waals surface area contributed by atoms with E-state index in [9.17, 15) is 9.59 Å². The molecule has 0 saturated carbocycles. The van der Waals surface area contributed by atoms with Crippen LogP contribution < -0.4 is 15.5 Å². The Labute approximate surface area is 232 Å². The third kappa shape index (κ3) is 7.34. The van der Waals surface area contributed by atoms with Gasteiger partial charge in [0.15, 0.2) is 0 Å². The van der Waals surface area contributed by atoms with E-state index in [4.69, 9.17) is 18.8 Å². The van der Waals surface area contributed by atoms with Gasteiger partial charge in [0.05, 0.1) is 17.6 Å². The van der Waals surface area contributed by atoms with E-state index >= 15 is 0 Å². The van der Waals surface area contributed by atoms with Crippen LogP contribution >= 0.6 is 0 Å². The summed E-state index contributed by atoms with van der Waals surface area (Å²) in [6.45, 7) is 14.9. The highest BCUT2D eigenvalue weighted by atomic mass is 16.7. The van der Waals surface area contributed by atoms with Gasteiger partial charge in [0.1, 0.15) is 18.0 Å². The fourth-order valence-corrected chi connectivity index (χ4v) is 4.56. The second kappa shape index (κ2) is 11.2. The van der Waals surface area contributed by atoms with Crippen molar-refractivity contribution in [1.82, 2.24) is 10.2 Å². The highest BCUT2D eigenvalue weighted by Crippen LogP contribution is 2.36. The van der Waals surface area contributed by atoms with Gasteiger partial charge in [0.2, 0.25) is 5.91 Å². The molecule has 2 aliphatic heterocycles. The SMILES string of the molecule is CC(C)(C)OC(=O)N1CCC(NC(=O)Cc2cc(B3OC(C)(C)C(C)(C)O3)ccc2OCc2ccccc2)C1. The lowest BCUT2D eigenvalue weighted by Gasteiger charge is -2.32. The van der Waals surface area contributed by atoms with Crippen molar-refractivity contribution < 1.29 is 28.4 Å². The monoisotopic (exact) mass is 536 g/mol. The molecule has 1 unspecified atom stereocenters. The Morgan fingerprint density at radius 2 is 1.72 bits per heavy atom. The van der Waals surface area contributed by atoms with Crippen molar-refractivity contribution in [2.45, 2.75) is 90.8 Å². The van der Waals surface area contributed by atoms with Gasteiger partial charge in [0.25, 0.3) is 0 Å². The molecule has 2 heterocycles. The molecule has 0 aliphatic carbocycles. The van der Waals surface area contributed by atoms with E-state index in [0.717, 1.165) is 16.6 Å². The minimum Gasteiger partial charge on any atom is -0.489 e. The first-order valence-electron chi connectivity index (χ1n) is 13.6. The summed E-state index contributed by atoms with van der Waals surface area (Å²) in [5, 5.41) is 3.08. The molecule has 210 valence electrons. The quantitative estimate of drug-likeness (QED) is 0.533. The molecule has 9 heteroatoms. The molecule has 0 spiro atoms. The lowest BCUT2D eigenvalue weighted by molar-refractivity contribution is -0.121. The lowest BCUT2D eigenvalue weighted by atomic mass is 9.78. The van der Waals surface area contributed by atoms with Crippen LogP contribution in [0.4, 0.5) is 4.79 Å². The Hall–Kier alpha value is -3.04. The molecular formula is C30H41BN2O6. The number of nitrogens with one attached hydrogen (secondary N) is 1. The number of nitrogens with zero attached hydrogens (tertiary/aromatic N) is 1. The van der Waals surface area contributed by atoms with E-state index < -0.39 is 23.9 Å². The van der Waals surface area contributed by atoms with Crippen molar-refractivity contribution in [1.29, 1.82) is 0 Å². The van der Waals surface area contributed by atoms with Crippen LogP contribution in [0.5, 0.6) is 5.75 Å². The van der Waals surface area contributed by atoms with E-state index in [1.807, 2.05) is 97.0 Å². The van der Waals surface area contributed by atoms with Gasteiger partial charge in [-0.05, 0) is 72.0 Å². The molecular weight excluding hydrogens is 495 g/mol. The number of amides is 2. The smallest absolute Gasteiger partial charge is 0.489 e. The molecule has 2 aromatic carbocycles. The third-order valence-corrected chi connectivity index (χ3v) is 7.40. The minimum absolute atomic E-state index is 0.125. The van der Waals surface area contributed by atoms with Gasteiger partial charge in [-0.25, -0.2) is 4.79 Å². The minimum atomic E-state index is -0.559. The van der Waals surface area contributed by atoms with Crippen molar-refractivity contribution in [3.63, 3.8) is 0 Å². The van der Waals surface area contributed by atoms with Gasteiger partial charge < -0.3 is 29.0 Å². The standard InChI is InChI=1S/C30H41BN2O6/c1-28(2,3)37-27(35)33-16-15-24(19-33)32-26(34)18-22-17-23(31-38-29(4,5)30(6,7)39-31)13-14-25(22)36-20-21-11-9-8-10-12-21/h8-14,17,24H,15-16,18-20H2,1-7H3,(H,32,34). The van der Waals surface area contributed by atoms with Gasteiger partial charge in [0, 0.05) is 24.7 Å². The lowest BCUT2D eigenvalue weighted by Crippen LogP contribution is -2.41. The number of carbonyl (C=O) groups is 2. The van der Waals surface area contributed by atoms with Crippen molar-refractivity contribution in [2.24, 2.45) is 0 Å². The van der Waals surface area contributed by atoms with E-state index in [2.05, 4.69) is 5.32 Å². The number of ether oxygens (including phenoxy) is 2. The average Bonchev–Trinajstić information content (AvgIpc) is 3.38. The number of carbonyl (C=O) groups excluding carboxylic acids is 2. The summed E-state index contributed by atoms with van der Waals surface area (Å²) in [7, 11) is -0.544. The largest absolute Gasteiger partial charge is 0.494 e. The maximum Gasteiger partial charge on any atom is 0.494 e. The zero-order valence-corrected chi connectivity index (χ0v) is 24.2. The van der Waals surface area contributed by atoms with Crippen LogP contribution in [0.15, 0.2) is 48.5 Å². The predicted octanol–water partition coefficient (Wildman–Crippen LogP) is 4.23. The van der Waals surface area contributed by atoms with Crippen LogP contribution in [-0.4, -0.2) is 60.0 Å². The normalized spacial score (nSPS) is 20.1. The first-order chi connectivity index (χ1) is 18.2. The Balaban J connectivity index is 1.46. The summed E-state index contributed by atoms with van der Waals surface area (Å²) in [6, 6.07) is 15.5. The Bertz CT molecular complexity index is 1160. The van der Waals surface area contributed by atoms with Crippen LogP contribution in [0, 0.1) is 0 Å². The molecule has 0 radical (unpaired) electrons. The summed E-state index contributed by atoms with van der Waals surface area (Å²) in [6.07, 6.45) is 0.447. The molecule has 39 heavy (non-hydrogen) atoms. The third-order valence-electron chi connectivity index (χ3n) is 7.40. The maximum atomic E-state index is 13.2. The van der Waals surface area contributed by atoms with E-state index in [1.165, 1.54) is 0 Å². The van der Waals surface area contributed by atoms with Crippen LogP contribution in [0.2, 0.25) is 0 Å². The molecule has 2 amide bonds. The number of hydrogen-bond acceptors (Lipinski definition) is 6. The number of likely N-dealkylation sites (tertiary alicyclic amines) is 1. The first kappa shape index (κ1) is 29.0. The Morgan fingerprint density at radius 1 is 1.05 bits per heavy atom. The fourth-order valence-electron chi connectivity index (χ4n) is 4.56. The summed E-state index contributed by atoms with van der Waals surface area (Å²) in [5.41, 5.74) is 1.12. The molecule has 0 bridgehead atoms. The summed E-state index contributed by atoms with van der Waals surface area (Å²) >= 11 is 0. The molecule has 8 nitrogen and oxygen atoms in total.